The molecule has 0 saturated heterocycles. The molecule has 208 valence electrons. The summed E-state index contributed by atoms with van der Waals surface area (Å²) in [5, 5.41) is 3.25. The molecule has 0 saturated carbocycles. The van der Waals surface area contributed by atoms with E-state index >= 15 is 0 Å². The lowest BCUT2D eigenvalue weighted by Crippen LogP contribution is -2.52. The van der Waals surface area contributed by atoms with Crippen LogP contribution in [0.1, 0.15) is 38.7 Å². The molecule has 7 nitrogen and oxygen atoms in total. The van der Waals surface area contributed by atoms with Gasteiger partial charge in [-0.3, -0.25) is 13.9 Å². The van der Waals surface area contributed by atoms with Gasteiger partial charge >= 0.3 is 0 Å². The molecule has 0 aliphatic carbocycles. The van der Waals surface area contributed by atoms with Gasteiger partial charge in [-0.15, -0.1) is 0 Å². The van der Waals surface area contributed by atoms with E-state index in [-0.39, 0.29) is 17.3 Å². The summed E-state index contributed by atoms with van der Waals surface area (Å²) in [6.45, 7) is 3.71. The number of hydrogen-bond acceptors (Lipinski definition) is 4. The molecular formula is C29H33ClFN3O4S. The van der Waals surface area contributed by atoms with Crippen LogP contribution >= 0.6 is 11.6 Å². The van der Waals surface area contributed by atoms with Crippen LogP contribution in [0.15, 0.2) is 83.8 Å². The van der Waals surface area contributed by atoms with Crippen molar-refractivity contribution in [2.24, 2.45) is 0 Å². The average Bonchev–Trinajstić information content (AvgIpc) is 2.93. The minimum atomic E-state index is -4.17. The molecule has 0 unspecified atom stereocenters. The van der Waals surface area contributed by atoms with E-state index in [0.717, 1.165) is 17.1 Å². The second-order valence-electron chi connectivity index (χ2n) is 9.02. The predicted molar refractivity (Wildman–Crippen MR) is 151 cm³/mol. The summed E-state index contributed by atoms with van der Waals surface area (Å²) < 4.78 is 42.1. The number of carbonyl (C=O) groups is 2. The lowest BCUT2D eigenvalue weighted by Gasteiger charge is -2.33. The molecule has 0 aliphatic rings. The zero-order chi connectivity index (χ0) is 28.4. The predicted octanol–water partition coefficient (Wildman–Crippen LogP) is 5.40. The molecule has 10 heteroatoms. The molecule has 3 rings (SSSR count). The molecule has 0 aromatic heterocycles. The number of carbonyl (C=O) groups excluding carboxylic acids is 2. The van der Waals surface area contributed by atoms with Crippen LogP contribution in [0, 0.1) is 5.82 Å². The van der Waals surface area contributed by atoms with E-state index < -0.39 is 34.3 Å². The van der Waals surface area contributed by atoms with Crippen LogP contribution in [0.2, 0.25) is 5.02 Å². The monoisotopic (exact) mass is 573 g/mol. The van der Waals surface area contributed by atoms with Gasteiger partial charge in [0.25, 0.3) is 10.0 Å². The SMILES string of the molecule is CCCCNC(=O)[C@@H](CC)N(Cc1ccc(F)cc1)C(=O)CN(c1ccccc1)S(=O)(=O)c1ccc(Cl)cc1. The highest BCUT2D eigenvalue weighted by molar-refractivity contribution is 7.92. The van der Waals surface area contributed by atoms with Gasteiger partial charge in [-0.05, 0) is 66.9 Å². The number of nitrogens with one attached hydrogen (secondary N) is 1. The number of nitrogens with zero attached hydrogens (tertiary/aromatic N) is 2. The van der Waals surface area contributed by atoms with Crippen molar-refractivity contribution in [2.75, 3.05) is 17.4 Å². The van der Waals surface area contributed by atoms with Gasteiger partial charge in [-0.25, -0.2) is 12.8 Å². The van der Waals surface area contributed by atoms with E-state index in [1.54, 1.807) is 37.3 Å². The molecule has 39 heavy (non-hydrogen) atoms. The largest absolute Gasteiger partial charge is 0.354 e. The zero-order valence-electron chi connectivity index (χ0n) is 22.0. The molecule has 3 aromatic rings. The molecule has 3 aromatic carbocycles. The number of unbranched alkanes of at least 4 members (excludes halogenated alkanes) is 1. The maximum Gasteiger partial charge on any atom is 0.264 e. The Morgan fingerprint density at radius 3 is 2.18 bits per heavy atom. The van der Waals surface area contributed by atoms with Gasteiger partial charge in [0.1, 0.15) is 18.4 Å². The molecule has 0 aliphatic heterocycles. The van der Waals surface area contributed by atoms with Crippen LogP contribution < -0.4 is 9.62 Å². The van der Waals surface area contributed by atoms with Crippen LogP contribution in [0.3, 0.4) is 0 Å². The summed E-state index contributed by atoms with van der Waals surface area (Å²) in [4.78, 5) is 28.4. The zero-order valence-corrected chi connectivity index (χ0v) is 23.6. The molecule has 1 N–H and O–H groups in total. The number of rotatable bonds is 13. The third-order valence-electron chi connectivity index (χ3n) is 6.21. The molecule has 0 fully saturated rings. The van der Waals surface area contributed by atoms with Gasteiger partial charge in [-0.2, -0.15) is 0 Å². The molecule has 0 radical (unpaired) electrons. The Kier molecular flexibility index (Phi) is 10.9. The van der Waals surface area contributed by atoms with Gasteiger partial charge in [-0.1, -0.05) is 62.2 Å². The summed E-state index contributed by atoms with van der Waals surface area (Å²) in [6, 6.07) is 18.8. The van der Waals surface area contributed by atoms with Crippen LogP contribution in [0.5, 0.6) is 0 Å². The number of anilines is 1. The number of para-hydroxylation sites is 1. The Bertz CT molecular complexity index is 1340. The van der Waals surface area contributed by atoms with E-state index in [0.29, 0.717) is 29.2 Å². The van der Waals surface area contributed by atoms with E-state index in [9.17, 15) is 22.4 Å². The van der Waals surface area contributed by atoms with Crippen molar-refractivity contribution in [3.63, 3.8) is 0 Å². The van der Waals surface area contributed by atoms with Gasteiger partial charge in [0.15, 0.2) is 0 Å². The Morgan fingerprint density at radius 1 is 0.949 bits per heavy atom. The summed E-state index contributed by atoms with van der Waals surface area (Å²) >= 11 is 5.97. The summed E-state index contributed by atoms with van der Waals surface area (Å²) in [6.07, 6.45) is 1.99. The lowest BCUT2D eigenvalue weighted by molar-refractivity contribution is -0.140. The third kappa shape index (κ3) is 8.03. The fraction of sp³-hybridized carbons (Fsp3) is 0.310. The Morgan fingerprint density at radius 2 is 1.59 bits per heavy atom. The van der Waals surface area contributed by atoms with Crippen molar-refractivity contribution in [1.29, 1.82) is 0 Å². The number of benzene rings is 3. The first-order valence-electron chi connectivity index (χ1n) is 12.8. The van der Waals surface area contributed by atoms with Crippen LogP contribution in [0.25, 0.3) is 0 Å². The first-order chi connectivity index (χ1) is 18.7. The first kappa shape index (κ1) is 30.1. The van der Waals surface area contributed by atoms with Crippen LogP contribution in [-0.2, 0) is 26.2 Å². The maximum atomic E-state index is 13.9. The molecule has 0 spiro atoms. The second-order valence-corrected chi connectivity index (χ2v) is 11.3. The topological polar surface area (TPSA) is 86.8 Å². The van der Waals surface area contributed by atoms with Crippen molar-refractivity contribution in [3.05, 3.63) is 95.3 Å². The average molecular weight is 574 g/mol. The number of amides is 2. The summed E-state index contributed by atoms with van der Waals surface area (Å²) in [5.41, 5.74) is 0.902. The second kappa shape index (κ2) is 14.1. The van der Waals surface area contributed by atoms with Gasteiger partial charge in [0.05, 0.1) is 10.6 Å². The van der Waals surface area contributed by atoms with Crippen molar-refractivity contribution in [1.82, 2.24) is 10.2 Å². The smallest absolute Gasteiger partial charge is 0.264 e. The number of halogens is 2. The van der Waals surface area contributed by atoms with Crippen molar-refractivity contribution >= 4 is 39.1 Å². The van der Waals surface area contributed by atoms with E-state index in [4.69, 9.17) is 11.6 Å². The van der Waals surface area contributed by atoms with E-state index in [1.807, 2.05) is 6.92 Å². The van der Waals surface area contributed by atoms with E-state index in [2.05, 4.69) is 5.32 Å². The molecule has 0 bridgehead atoms. The molecule has 0 heterocycles. The first-order valence-corrected chi connectivity index (χ1v) is 14.6. The van der Waals surface area contributed by atoms with Crippen molar-refractivity contribution < 1.29 is 22.4 Å². The van der Waals surface area contributed by atoms with Crippen molar-refractivity contribution in [2.45, 2.75) is 50.6 Å². The summed E-state index contributed by atoms with van der Waals surface area (Å²) in [7, 11) is -4.17. The summed E-state index contributed by atoms with van der Waals surface area (Å²) in [5.74, 6) is -1.32. The maximum absolute atomic E-state index is 13.9. The van der Waals surface area contributed by atoms with Crippen LogP contribution in [0.4, 0.5) is 10.1 Å². The Labute approximate surface area is 234 Å². The van der Waals surface area contributed by atoms with Gasteiger partial charge in [0.2, 0.25) is 11.8 Å². The van der Waals surface area contributed by atoms with Crippen molar-refractivity contribution in [3.8, 4) is 0 Å². The van der Waals surface area contributed by atoms with E-state index in [1.165, 1.54) is 53.4 Å². The minimum absolute atomic E-state index is 0.00242. The fourth-order valence-electron chi connectivity index (χ4n) is 4.07. The third-order valence-corrected chi connectivity index (χ3v) is 8.25. The molecular weight excluding hydrogens is 541 g/mol. The van der Waals surface area contributed by atoms with Crippen LogP contribution in [-0.4, -0.2) is 44.3 Å². The normalized spacial score (nSPS) is 12.0. The quantitative estimate of drug-likeness (QED) is 0.277. The molecule has 1 atom stereocenters. The Hall–Kier alpha value is -3.43. The minimum Gasteiger partial charge on any atom is -0.354 e. The highest BCUT2D eigenvalue weighted by Gasteiger charge is 2.33. The van der Waals surface area contributed by atoms with Gasteiger partial charge in [0, 0.05) is 18.1 Å². The highest BCUT2D eigenvalue weighted by atomic mass is 35.5. The van der Waals surface area contributed by atoms with Gasteiger partial charge < -0.3 is 10.2 Å². The standard InChI is InChI=1S/C29H33ClFN3O4S/c1-3-5-19-32-29(36)27(4-2)33(20-22-11-15-24(31)16-12-22)28(35)21-34(25-9-7-6-8-10-25)39(37,38)26-17-13-23(30)14-18-26/h6-18,27H,3-5,19-21H2,1-2H3,(H,32,36)/t27-/m1/s1. The number of hydrogen-bond donors (Lipinski definition) is 1. The highest BCUT2D eigenvalue weighted by Crippen LogP contribution is 2.25. The fourth-order valence-corrected chi connectivity index (χ4v) is 5.61. The Balaban J connectivity index is 2.00. The number of sulfonamides is 1. The lowest BCUT2D eigenvalue weighted by atomic mass is 10.1. The molecule has 2 amide bonds.